The maximum Gasteiger partial charge on any atom is 0.203 e. The molecular formula is C27H32N2O6S. The van der Waals surface area contributed by atoms with Gasteiger partial charge in [0.15, 0.2) is 28.1 Å². The van der Waals surface area contributed by atoms with Gasteiger partial charge in [-0.2, -0.15) is 0 Å². The first-order valence-electron chi connectivity index (χ1n) is 11.6. The number of methoxy groups -OCH3 is 6. The molecule has 0 radical (unpaired) electrons. The molecule has 192 valence electrons. The fraction of sp³-hybridized carbons (Fsp3) is 0.370. The van der Waals surface area contributed by atoms with Crippen LogP contribution in [0.25, 0.3) is 6.08 Å². The molecule has 0 spiro atoms. The molecule has 2 aromatic carbocycles. The van der Waals surface area contributed by atoms with Gasteiger partial charge in [0.05, 0.1) is 48.7 Å². The van der Waals surface area contributed by atoms with Crippen LogP contribution < -0.4 is 39.1 Å². The van der Waals surface area contributed by atoms with Crippen LogP contribution in [-0.4, -0.2) is 47.8 Å². The van der Waals surface area contributed by atoms with E-state index in [2.05, 4.69) is 16.7 Å². The molecular weight excluding hydrogens is 480 g/mol. The summed E-state index contributed by atoms with van der Waals surface area (Å²) in [6, 6.07) is 7.69. The third kappa shape index (κ3) is 4.75. The zero-order valence-electron chi connectivity index (χ0n) is 21.4. The molecule has 0 aromatic heterocycles. The van der Waals surface area contributed by atoms with Crippen molar-refractivity contribution in [2.75, 3.05) is 42.7 Å². The number of ether oxygens (including phenoxy) is 6. The van der Waals surface area contributed by atoms with Crippen LogP contribution in [0.1, 0.15) is 36.4 Å². The van der Waals surface area contributed by atoms with Gasteiger partial charge in [0.1, 0.15) is 0 Å². The van der Waals surface area contributed by atoms with E-state index in [-0.39, 0.29) is 6.04 Å². The van der Waals surface area contributed by atoms with E-state index in [0.29, 0.717) is 39.6 Å². The summed E-state index contributed by atoms with van der Waals surface area (Å²) in [6.07, 6.45) is 4.98. The monoisotopic (exact) mass is 512 g/mol. The Hall–Kier alpha value is -3.59. The lowest BCUT2D eigenvalue weighted by Gasteiger charge is -2.36. The summed E-state index contributed by atoms with van der Waals surface area (Å²) >= 11 is 5.62. The Morgan fingerprint density at radius 1 is 0.750 bits per heavy atom. The molecule has 8 nitrogen and oxygen atoms in total. The number of rotatable bonds is 8. The van der Waals surface area contributed by atoms with Crippen molar-refractivity contribution in [2.45, 2.75) is 25.3 Å². The molecule has 0 fully saturated rings. The second kappa shape index (κ2) is 11.0. The lowest BCUT2D eigenvalue weighted by Crippen LogP contribution is -2.45. The van der Waals surface area contributed by atoms with E-state index in [9.17, 15) is 0 Å². The van der Waals surface area contributed by atoms with E-state index in [1.165, 1.54) is 5.57 Å². The zero-order valence-corrected chi connectivity index (χ0v) is 22.3. The van der Waals surface area contributed by atoms with Gasteiger partial charge in [0.2, 0.25) is 11.5 Å². The molecule has 1 heterocycles. The van der Waals surface area contributed by atoms with Gasteiger partial charge in [-0.3, -0.25) is 0 Å². The van der Waals surface area contributed by atoms with Crippen molar-refractivity contribution in [3.8, 4) is 34.5 Å². The summed E-state index contributed by atoms with van der Waals surface area (Å²) in [6.45, 7) is 0. The van der Waals surface area contributed by atoms with Crippen LogP contribution in [0.15, 0.2) is 41.1 Å². The van der Waals surface area contributed by atoms with Crippen molar-refractivity contribution >= 4 is 23.4 Å². The number of hydrogen-bond donors (Lipinski definition) is 2. The first-order valence-corrected chi connectivity index (χ1v) is 12.0. The van der Waals surface area contributed by atoms with Crippen molar-refractivity contribution in [2.24, 2.45) is 0 Å². The normalized spacial score (nSPS) is 18.1. The van der Waals surface area contributed by atoms with Gasteiger partial charge in [-0.15, -0.1) is 0 Å². The third-order valence-corrected chi connectivity index (χ3v) is 6.67. The Balaban J connectivity index is 1.81. The minimum atomic E-state index is -0.133. The van der Waals surface area contributed by atoms with Crippen molar-refractivity contribution in [1.29, 1.82) is 0 Å². The highest BCUT2D eigenvalue weighted by Gasteiger charge is 2.32. The molecule has 2 aliphatic rings. The second-order valence-corrected chi connectivity index (χ2v) is 8.78. The summed E-state index contributed by atoms with van der Waals surface area (Å²) < 4.78 is 33.3. The van der Waals surface area contributed by atoms with E-state index in [1.54, 1.807) is 42.7 Å². The quantitative estimate of drug-likeness (QED) is 0.486. The summed E-state index contributed by atoms with van der Waals surface area (Å²) in [5, 5.41) is 7.40. The molecule has 0 amide bonds. The summed E-state index contributed by atoms with van der Waals surface area (Å²) in [5.74, 6) is 3.54. The van der Waals surface area contributed by atoms with E-state index >= 15 is 0 Å². The highest BCUT2D eigenvalue weighted by molar-refractivity contribution is 7.80. The van der Waals surface area contributed by atoms with Crippen molar-refractivity contribution in [1.82, 2.24) is 10.6 Å². The van der Waals surface area contributed by atoms with Gasteiger partial charge in [-0.05, 0) is 84.1 Å². The molecule has 0 bridgehead atoms. The van der Waals surface area contributed by atoms with Crippen LogP contribution in [0.4, 0.5) is 0 Å². The minimum absolute atomic E-state index is 0.133. The summed E-state index contributed by atoms with van der Waals surface area (Å²) in [5.41, 5.74) is 5.35. The molecule has 0 saturated heterocycles. The van der Waals surface area contributed by atoms with Crippen molar-refractivity contribution in [3.63, 3.8) is 0 Å². The lowest BCUT2D eigenvalue weighted by atomic mass is 9.83. The van der Waals surface area contributed by atoms with Crippen molar-refractivity contribution < 1.29 is 28.4 Å². The van der Waals surface area contributed by atoms with E-state index in [4.69, 9.17) is 40.6 Å². The number of thiocarbonyl (C=S) groups is 1. The number of benzene rings is 2. The minimum Gasteiger partial charge on any atom is -0.493 e. The number of hydrogen-bond acceptors (Lipinski definition) is 7. The standard InChI is InChI=1S/C27H32N2O6S/c1-30-19-11-15(12-20(31-2)25(19)34-5)10-16-8-7-9-18-23(16)28-27(36)29-24(18)17-13-21(32-3)26(35-6)22(14-17)33-4/h10-14,24H,7-9H2,1-6H3,(H2,28,29,36)/b16-10+/t24-/m1/s1. The Morgan fingerprint density at radius 2 is 1.28 bits per heavy atom. The highest BCUT2D eigenvalue weighted by atomic mass is 32.1. The predicted molar refractivity (Wildman–Crippen MR) is 143 cm³/mol. The van der Waals surface area contributed by atoms with E-state index in [0.717, 1.165) is 41.7 Å². The van der Waals surface area contributed by atoms with Gasteiger partial charge in [-0.25, -0.2) is 0 Å². The van der Waals surface area contributed by atoms with Gasteiger partial charge in [0.25, 0.3) is 0 Å². The highest BCUT2D eigenvalue weighted by Crippen LogP contribution is 2.45. The molecule has 4 rings (SSSR count). The van der Waals surface area contributed by atoms with Gasteiger partial charge < -0.3 is 39.1 Å². The fourth-order valence-corrected chi connectivity index (χ4v) is 5.05. The lowest BCUT2D eigenvalue weighted by molar-refractivity contribution is 0.323. The van der Waals surface area contributed by atoms with Crippen LogP contribution >= 0.6 is 12.2 Å². The SMILES string of the molecule is COc1cc(/C=C2\CCCC3=C2NC(=S)N[C@@H]3c2cc(OC)c(OC)c(OC)c2)cc(OC)c1OC. The number of allylic oxidation sites excluding steroid dienone is 1. The Kier molecular flexibility index (Phi) is 7.79. The van der Waals surface area contributed by atoms with E-state index < -0.39 is 0 Å². The summed E-state index contributed by atoms with van der Waals surface area (Å²) in [4.78, 5) is 0. The zero-order chi connectivity index (χ0) is 25.8. The average Bonchev–Trinajstić information content (AvgIpc) is 2.91. The van der Waals surface area contributed by atoms with Gasteiger partial charge >= 0.3 is 0 Å². The molecule has 36 heavy (non-hydrogen) atoms. The largest absolute Gasteiger partial charge is 0.493 e. The molecule has 2 N–H and O–H groups in total. The number of nitrogens with one attached hydrogen (secondary N) is 2. The van der Waals surface area contributed by atoms with Crippen LogP contribution in [-0.2, 0) is 0 Å². The predicted octanol–water partition coefficient (Wildman–Crippen LogP) is 4.78. The van der Waals surface area contributed by atoms with Crippen molar-refractivity contribution in [3.05, 3.63) is 52.2 Å². The molecule has 2 aromatic rings. The molecule has 0 unspecified atom stereocenters. The smallest absolute Gasteiger partial charge is 0.203 e. The maximum absolute atomic E-state index is 5.62. The molecule has 0 saturated carbocycles. The fourth-order valence-electron chi connectivity index (χ4n) is 4.83. The van der Waals surface area contributed by atoms with E-state index in [1.807, 2.05) is 24.3 Å². The summed E-state index contributed by atoms with van der Waals surface area (Å²) in [7, 11) is 9.66. The van der Waals surface area contributed by atoms with Crippen LogP contribution in [0.3, 0.4) is 0 Å². The molecule has 9 heteroatoms. The first-order chi connectivity index (χ1) is 17.5. The van der Waals surface area contributed by atoms with Crippen LogP contribution in [0.2, 0.25) is 0 Å². The topological polar surface area (TPSA) is 79.4 Å². The molecule has 1 aliphatic heterocycles. The molecule has 1 atom stereocenters. The van der Waals surface area contributed by atoms with Gasteiger partial charge in [0, 0.05) is 5.70 Å². The Bertz CT molecular complexity index is 1170. The maximum atomic E-state index is 5.62. The Labute approximate surface area is 217 Å². The second-order valence-electron chi connectivity index (χ2n) is 8.37. The van der Waals surface area contributed by atoms with Crippen LogP contribution in [0, 0.1) is 0 Å². The average molecular weight is 513 g/mol. The third-order valence-electron chi connectivity index (χ3n) is 6.45. The van der Waals surface area contributed by atoms with Crippen LogP contribution in [0.5, 0.6) is 34.5 Å². The Morgan fingerprint density at radius 3 is 1.78 bits per heavy atom. The first kappa shape index (κ1) is 25.5. The molecule has 1 aliphatic carbocycles. The van der Waals surface area contributed by atoms with Gasteiger partial charge in [-0.1, -0.05) is 0 Å².